The van der Waals surface area contributed by atoms with Crippen molar-refractivity contribution in [1.29, 1.82) is 0 Å². The van der Waals surface area contributed by atoms with E-state index < -0.39 is 6.43 Å². The first-order valence-corrected chi connectivity index (χ1v) is 6.94. The van der Waals surface area contributed by atoms with Crippen LogP contribution in [0.3, 0.4) is 0 Å². The van der Waals surface area contributed by atoms with Crippen LogP contribution in [0.2, 0.25) is 0 Å². The molecule has 0 amide bonds. The predicted octanol–water partition coefficient (Wildman–Crippen LogP) is 3.13. The molecule has 120 valence electrons. The molecule has 0 saturated heterocycles. The van der Waals surface area contributed by atoms with Crippen molar-refractivity contribution >= 4 is 0 Å². The summed E-state index contributed by atoms with van der Waals surface area (Å²) in [5.41, 5.74) is 1.65. The summed E-state index contributed by atoms with van der Waals surface area (Å²) < 4.78 is 31.0. The first-order valence-electron chi connectivity index (χ1n) is 6.94. The van der Waals surface area contributed by atoms with Crippen molar-refractivity contribution in [2.24, 2.45) is 0 Å². The number of rotatable bonds is 5. The molecule has 23 heavy (non-hydrogen) atoms. The molecule has 0 radical (unpaired) electrons. The molecule has 1 N–H and O–H groups in total. The summed E-state index contributed by atoms with van der Waals surface area (Å²) in [5.74, 6) is 0.365. The maximum atomic E-state index is 12.9. The molecule has 0 aliphatic heterocycles. The highest BCUT2D eigenvalue weighted by Crippen LogP contribution is 2.29. The number of hydrogen-bond donors (Lipinski definition) is 1. The number of H-pyrrole nitrogens is 1. The van der Waals surface area contributed by atoms with E-state index in [4.69, 9.17) is 4.52 Å². The molecule has 6 nitrogen and oxygen atoms in total. The highest BCUT2D eigenvalue weighted by molar-refractivity contribution is 5.61. The second-order valence-electron chi connectivity index (χ2n) is 5.36. The Balaban J connectivity index is 1.91. The Morgan fingerprint density at radius 1 is 1.30 bits per heavy atom. The van der Waals surface area contributed by atoms with E-state index >= 15 is 0 Å². The minimum absolute atomic E-state index is 0.0852. The van der Waals surface area contributed by atoms with E-state index in [1.807, 2.05) is 43.3 Å². The lowest BCUT2D eigenvalue weighted by Gasteiger charge is -2.09. The summed E-state index contributed by atoms with van der Waals surface area (Å²) in [7, 11) is 3.95. The number of alkyl halides is 2. The average Bonchev–Trinajstić information content (AvgIpc) is 3.16. The fourth-order valence-electron chi connectivity index (χ4n) is 2.26. The van der Waals surface area contributed by atoms with Crippen molar-refractivity contribution in [3.05, 3.63) is 41.7 Å². The quantitative estimate of drug-likeness (QED) is 0.782. The van der Waals surface area contributed by atoms with E-state index in [2.05, 4.69) is 20.3 Å². The summed E-state index contributed by atoms with van der Waals surface area (Å²) in [6, 6.07) is 7.65. The van der Waals surface area contributed by atoms with Crippen LogP contribution in [0.4, 0.5) is 8.78 Å². The molecule has 0 aliphatic rings. The summed E-state index contributed by atoms with van der Waals surface area (Å²) in [5, 5.41) is 9.65. The first-order chi connectivity index (χ1) is 11.0. The maximum Gasteiger partial charge on any atom is 0.280 e. The van der Waals surface area contributed by atoms with Crippen molar-refractivity contribution in [2.45, 2.75) is 13.0 Å². The van der Waals surface area contributed by atoms with Gasteiger partial charge in [-0.25, -0.2) is 8.78 Å². The standard InChI is InChI=1S/C15H15F2N5O/c1-22(2)8-9-4-3-5-10(6-9)15-19-14(21-23-15)11-7-18-20-12(11)13(16)17/h3-7,13H,8H2,1-2H3,(H,18,20). The Morgan fingerprint density at radius 3 is 2.87 bits per heavy atom. The maximum absolute atomic E-state index is 12.9. The van der Waals surface area contributed by atoms with Crippen molar-refractivity contribution < 1.29 is 13.3 Å². The molecule has 0 bridgehead atoms. The summed E-state index contributed by atoms with van der Waals surface area (Å²) in [4.78, 5) is 6.24. The molecule has 0 unspecified atom stereocenters. The average molecular weight is 319 g/mol. The van der Waals surface area contributed by atoms with Crippen LogP contribution in [0.15, 0.2) is 35.0 Å². The number of nitrogens with zero attached hydrogens (tertiary/aromatic N) is 4. The number of aromatic amines is 1. The van der Waals surface area contributed by atoms with Gasteiger partial charge in [-0.1, -0.05) is 17.3 Å². The van der Waals surface area contributed by atoms with Crippen LogP contribution in [0.5, 0.6) is 0 Å². The number of hydrogen-bond acceptors (Lipinski definition) is 5. The molecular weight excluding hydrogens is 304 g/mol. The molecule has 0 saturated carbocycles. The number of halogens is 2. The second kappa shape index (κ2) is 6.25. The van der Waals surface area contributed by atoms with E-state index in [0.717, 1.165) is 17.7 Å². The van der Waals surface area contributed by atoms with Gasteiger partial charge in [-0.2, -0.15) is 10.1 Å². The fourth-order valence-corrected chi connectivity index (χ4v) is 2.26. The minimum Gasteiger partial charge on any atom is -0.334 e. The summed E-state index contributed by atoms with van der Waals surface area (Å²) in [6.45, 7) is 0.770. The molecule has 0 atom stereocenters. The van der Waals surface area contributed by atoms with Crippen LogP contribution in [0, 0.1) is 0 Å². The van der Waals surface area contributed by atoms with Gasteiger partial charge < -0.3 is 9.42 Å². The lowest BCUT2D eigenvalue weighted by Crippen LogP contribution is -2.10. The van der Waals surface area contributed by atoms with E-state index in [9.17, 15) is 8.78 Å². The topological polar surface area (TPSA) is 70.8 Å². The normalized spacial score (nSPS) is 11.6. The van der Waals surface area contributed by atoms with Gasteiger partial charge in [-0.15, -0.1) is 0 Å². The van der Waals surface area contributed by atoms with Gasteiger partial charge in [0.25, 0.3) is 12.3 Å². The third-order valence-electron chi connectivity index (χ3n) is 3.23. The zero-order chi connectivity index (χ0) is 16.4. The third kappa shape index (κ3) is 3.26. The molecule has 2 aromatic heterocycles. The molecule has 2 heterocycles. The highest BCUT2D eigenvalue weighted by atomic mass is 19.3. The number of benzene rings is 1. The van der Waals surface area contributed by atoms with Gasteiger partial charge in [-0.05, 0) is 31.8 Å². The Hall–Kier alpha value is -2.61. The lowest BCUT2D eigenvalue weighted by atomic mass is 10.1. The minimum atomic E-state index is -2.68. The van der Waals surface area contributed by atoms with E-state index in [0.29, 0.717) is 0 Å². The Bertz CT molecular complexity index is 797. The van der Waals surface area contributed by atoms with E-state index in [1.165, 1.54) is 6.20 Å². The Morgan fingerprint density at radius 2 is 2.13 bits per heavy atom. The lowest BCUT2D eigenvalue weighted by molar-refractivity contribution is 0.146. The third-order valence-corrected chi connectivity index (χ3v) is 3.23. The van der Waals surface area contributed by atoms with Gasteiger partial charge >= 0.3 is 0 Å². The fraction of sp³-hybridized carbons (Fsp3) is 0.267. The molecule has 3 rings (SSSR count). The smallest absolute Gasteiger partial charge is 0.280 e. The van der Waals surface area contributed by atoms with Crippen molar-refractivity contribution in [3.63, 3.8) is 0 Å². The first kappa shape index (κ1) is 15.3. The summed E-state index contributed by atoms with van der Waals surface area (Å²) >= 11 is 0. The Kier molecular flexibility index (Phi) is 4.16. The zero-order valence-corrected chi connectivity index (χ0v) is 12.6. The van der Waals surface area contributed by atoms with Crippen molar-refractivity contribution in [2.75, 3.05) is 14.1 Å². The van der Waals surface area contributed by atoms with Gasteiger partial charge in [0.05, 0.1) is 11.8 Å². The molecule has 0 spiro atoms. The highest BCUT2D eigenvalue weighted by Gasteiger charge is 2.21. The molecule has 0 aliphatic carbocycles. The van der Waals surface area contributed by atoms with Gasteiger partial charge in [0.15, 0.2) is 0 Å². The summed E-state index contributed by atoms with van der Waals surface area (Å²) in [6.07, 6.45) is -1.42. The van der Waals surface area contributed by atoms with Crippen LogP contribution in [-0.2, 0) is 6.54 Å². The Labute approximate surface area is 131 Å². The van der Waals surface area contributed by atoms with Gasteiger partial charge in [0, 0.05) is 12.1 Å². The molecule has 8 heteroatoms. The zero-order valence-electron chi connectivity index (χ0n) is 12.6. The number of aromatic nitrogens is 4. The molecule has 3 aromatic rings. The number of nitrogens with one attached hydrogen (secondary N) is 1. The van der Waals surface area contributed by atoms with Crippen molar-refractivity contribution in [3.8, 4) is 22.8 Å². The molecule has 1 aromatic carbocycles. The van der Waals surface area contributed by atoms with Crippen LogP contribution in [0.25, 0.3) is 22.8 Å². The van der Waals surface area contributed by atoms with Crippen LogP contribution >= 0.6 is 0 Å². The SMILES string of the molecule is CN(C)Cc1cccc(-c2nc(-c3cn[nH]c3C(F)F)no2)c1. The van der Waals surface area contributed by atoms with Gasteiger partial charge in [-0.3, -0.25) is 5.10 Å². The van der Waals surface area contributed by atoms with Crippen LogP contribution in [0.1, 0.15) is 17.7 Å². The van der Waals surface area contributed by atoms with E-state index in [-0.39, 0.29) is 23.0 Å². The van der Waals surface area contributed by atoms with Gasteiger partial charge in [0.2, 0.25) is 5.82 Å². The monoisotopic (exact) mass is 319 g/mol. The van der Waals surface area contributed by atoms with Crippen molar-refractivity contribution in [1.82, 2.24) is 25.2 Å². The van der Waals surface area contributed by atoms with E-state index in [1.54, 1.807) is 0 Å². The van der Waals surface area contributed by atoms with Crippen LogP contribution in [-0.4, -0.2) is 39.3 Å². The second-order valence-corrected chi connectivity index (χ2v) is 5.36. The molecular formula is C15H15F2N5O. The predicted molar refractivity (Wildman–Crippen MR) is 79.7 cm³/mol. The largest absolute Gasteiger partial charge is 0.334 e. The van der Waals surface area contributed by atoms with Gasteiger partial charge in [0.1, 0.15) is 5.69 Å². The molecule has 0 fully saturated rings. The van der Waals surface area contributed by atoms with Crippen LogP contribution < -0.4 is 0 Å².